The summed E-state index contributed by atoms with van der Waals surface area (Å²) in [5, 5.41) is 18.1. The number of carbonyl (C=O) groups is 2. The fourth-order valence-electron chi connectivity index (χ4n) is 4.79. The number of H-pyrrole nitrogens is 1. The molecule has 2 heterocycles. The number of carbonyl (C=O) groups excluding carboxylic acids is 2. The number of nitrogens with one attached hydrogen (secondary N) is 3. The Labute approximate surface area is 245 Å². The lowest BCUT2D eigenvalue weighted by Gasteiger charge is -2.08. The fraction of sp³-hybridized carbons (Fsp3) is 0.419. The van der Waals surface area contributed by atoms with Crippen molar-refractivity contribution in [3.05, 3.63) is 53.1 Å². The van der Waals surface area contributed by atoms with E-state index in [1.54, 1.807) is 47.0 Å². The quantitative estimate of drug-likeness (QED) is 0.122. The molecule has 0 aliphatic heterocycles. The first-order chi connectivity index (χ1) is 20.0. The predicted octanol–water partition coefficient (Wildman–Crippen LogP) is 8.59. The number of imidazole rings is 1. The topological polar surface area (TPSA) is 124 Å². The smallest absolute Gasteiger partial charge is 0.402 e. The number of nitriles is 1. The first-order valence-corrected chi connectivity index (χ1v) is 14.8. The fourth-order valence-corrected chi connectivity index (χ4v) is 4.95. The number of anilines is 2. The summed E-state index contributed by atoms with van der Waals surface area (Å²) in [7, 11) is 0. The van der Waals surface area contributed by atoms with Gasteiger partial charge in [-0.15, -0.1) is 0 Å². The average molecular weight is 577 g/mol. The van der Waals surface area contributed by atoms with E-state index in [9.17, 15) is 9.59 Å². The molecule has 0 aliphatic rings. The molecule has 2 aromatic heterocycles. The minimum absolute atomic E-state index is 0.0933. The van der Waals surface area contributed by atoms with E-state index in [2.05, 4.69) is 27.6 Å². The molecule has 0 spiro atoms. The van der Waals surface area contributed by atoms with Gasteiger partial charge in [0.1, 0.15) is 0 Å². The van der Waals surface area contributed by atoms with E-state index in [1.807, 2.05) is 6.07 Å². The van der Waals surface area contributed by atoms with Gasteiger partial charge in [-0.25, -0.2) is 14.3 Å². The van der Waals surface area contributed by atoms with Crippen LogP contribution < -0.4 is 15.4 Å². The summed E-state index contributed by atoms with van der Waals surface area (Å²) in [6.07, 6.45) is 12.9. The highest BCUT2D eigenvalue weighted by Gasteiger charge is 2.22. The van der Waals surface area contributed by atoms with Gasteiger partial charge in [0.2, 0.25) is 17.3 Å². The van der Waals surface area contributed by atoms with Crippen molar-refractivity contribution < 1.29 is 14.3 Å². The van der Waals surface area contributed by atoms with E-state index in [-0.39, 0.29) is 17.5 Å². The Kier molecular flexibility index (Phi) is 11.0. The van der Waals surface area contributed by atoms with Crippen molar-refractivity contribution in [2.75, 3.05) is 10.6 Å². The maximum absolute atomic E-state index is 12.8. The normalized spacial score (nSPS) is 11.0. The van der Waals surface area contributed by atoms with Crippen molar-refractivity contribution in [1.82, 2.24) is 14.6 Å². The number of hydrogen-bond acceptors (Lipinski definition) is 5. The summed E-state index contributed by atoms with van der Waals surface area (Å²) in [5.74, 6) is 0.151. The van der Waals surface area contributed by atoms with Crippen LogP contribution >= 0.6 is 11.6 Å². The number of rotatable bonds is 15. The van der Waals surface area contributed by atoms with Gasteiger partial charge in [0, 0.05) is 17.1 Å². The number of amides is 2. The Bertz CT molecular complexity index is 1500. The van der Waals surface area contributed by atoms with Crippen LogP contribution in [0.2, 0.25) is 5.02 Å². The SMILES string of the molecule is CCCCCCCCCCCCCC(=O)Nc1[nH]n2c(nc3ccc(Cl)cc32)c1OC(=O)Nc1ccc(C#N)cc1. The zero-order valence-corrected chi connectivity index (χ0v) is 24.2. The number of benzene rings is 2. The second kappa shape index (κ2) is 15.1. The number of nitrogens with zero attached hydrogens (tertiary/aromatic N) is 3. The molecule has 0 atom stereocenters. The first-order valence-electron chi connectivity index (χ1n) is 14.5. The lowest BCUT2D eigenvalue weighted by atomic mass is 10.1. The summed E-state index contributed by atoms with van der Waals surface area (Å²) >= 11 is 6.20. The molecule has 9 nitrogen and oxygen atoms in total. The summed E-state index contributed by atoms with van der Waals surface area (Å²) in [6.45, 7) is 2.24. The molecule has 0 fully saturated rings. The van der Waals surface area contributed by atoms with Crippen LogP contribution in [0.3, 0.4) is 0 Å². The van der Waals surface area contributed by atoms with Gasteiger partial charge in [-0.1, -0.05) is 82.7 Å². The number of aromatic nitrogens is 3. The molecule has 3 N–H and O–H groups in total. The van der Waals surface area contributed by atoms with Gasteiger partial charge in [-0.05, 0) is 48.9 Å². The van der Waals surface area contributed by atoms with Crippen molar-refractivity contribution in [2.45, 2.75) is 84.0 Å². The molecule has 41 heavy (non-hydrogen) atoms. The molecular formula is C31H37ClN6O3. The maximum atomic E-state index is 12.8. The Morgan fingerprint density at radius 1 is 0.951 bits per heavy atom. The third kappa shape index (κ3) is 8.48. The number of hydrogen-bond donors (Lipinski definition) is 3. The van der Waals surface area contributed by atoms with E-state index in [4.69, 9.17) is 21.6 Å². The summed E-state index contributed by atoms with van der Waals surface area (Å²) in [6, 6.07) is 13.7. The Morgan fingerprint density at radius 3 is 2.27 bits per heavy atom. The highest BCUT2D eigenvalue weighted by molar-refractivity contribution is 6.31. The zero-order chi connectivity index (χ0) is 29.0. The third-order valence-corrected chi connectivity index (χ3v) is 7.23. The molecule has 0 radical (unpaired) electrons. The summed E-state index contributed by atoms with van der Waals surface area (Å²) in [4.78, 5) is 30.2. The molecule has 216 valence electrons. The molecule has 0 aliphatic carbocycles. The van der Waals surface area contributed by atoms with E-state index in [0.717, 1.165) is 19.3 Å². The van der Waals surface area contributed by atoms with E-state index in [1.165, 1.54) is 51.4 Å². The van der Waals surface area contributed by atoms with E-state index in [0.29, 0.717) is 39.4 Å². The van der Waals surface area contributed by atoms with Gasteiger partial charge >= 0.3 is 6.09 Å². The van der Waals surface area contributed by atoms with Crippen molar-refractivity contribution in [3.8, 4) is 11.8 Å². The van der Waals surface area contributed by atoms with Crippen LogP contribution in [0.15, 0.2) is 42.5 Å². The van der Waals surface area contributed by atoms with Gasteiger partial charge in [-0.2, -0.15) is 5.26 Å². The van der Waals surface area contributed by atoms with E-state index < -0.39 is 6.09 Å². The minimum atomic E-state index is -0.762. The van der Waals surface area contributed by atoms with Crippen LogP contribution in [-0.2, 0) is 4.79 Å². The van der Waals surface area contributed by atoms with Crippen LogP contribution in [0.5, 0.6) is 5.75 Å². The molecular weight excluding hydrogens is 540 g/mol. The molecule has 4 aromatic rings. The van der Waals surface area contributed by atoms with Gasteiger partial charge in [0.25, 0.3) is 0 Å². The first kappa shape index (κ1) is 29.9. The molecule has 0 unspecified atom stereocenters. The number of halogens is 1. The second-order valence-electron chi connectivity index (χ2n) is 10.3. The van der Waals surface area contributed by atoms with Crippen molar-refractivity contribution in [3.63, 3.8) is 0 Å². The van der Waals surface area contributed by atoms with E-state index >= 15 is 0 Å². The van der Waals surface area contributed by atoms with Crippen LogP contribution in [-0.4, -0.2) is 26.6 Å². The average Bonchev–Trinajstić information content (AvgIpc) is 3.47. The lowest BCUT2D eigenvalue weighted by Crippen LogP contribution is -2.18. The van der Waals surface area contributed by atoms with Gasteiger partial charge in [-0.3, -0.25) is 15.2 Å². The Balaban J connectivity index is 1.35. The minimum Gasteiger partial charge on any atom is -0.402 e. The monoisotopic (exact) mass is 576 g/mol. The van der Waals surface area contributed by atoms with Crippen molar-refractivity contribution in [1.29, 1.82) is 5.26 Å². The van der Waals surface area contributed by atoms with Crippen molar-refractivity contribution in [2.24, 2.45) is 0 Å². The molecule has 0 bridgehead atoms. The van der Waals surface area contributed by atoms with Gasteiger partial charge in [0.05, 0.1) is 22.7 Å². The lowest BCUT2D eigenvalue weighted by molar-refractivity contribution is -0.116. The van der Waals surface area contributed by atoms with Gasteiger partial charge in [0.15, 0.2) is 5.82 Å². The molecule has 4 rings (SSSR count). The number of unbranched alkanes of at least 4 members (excludes halogenated alkanes) is 10. The second-order valence-corrected chi connectivity index (χ2v) is 10.7. The molecule has 0 saturated heterocycles. The predicted molar refractivity (Wildman–Crippen MR) is 163 cm³/mol. The summed E-state index contributed by atoms with van der Waals surface area (Å²) in [5.41, 5.74) is 2.60. The van der Waals surface area contributed by atoms with Crippen LogP contribution in [0.1, 0.15) is 89.5 Å². The van der Waals surface area contributed by atoms with Crippen LogP contribution in [0.25, 0.3) is 16.7 Å². The maximum Gasteiger partial charge on any atom is 0.417 e. The summed E-state index contributed by atoms with van der Waals surface area (Å²) < 4.78 is 7.28. The highest BCUT2D eigenvalue weighted by Crippen LogP contribution is 2.33. The standard InChI is InChI=1S/C31H37ClN6O3/c1-2-3-4-5-6-7-8-9-10-11-12-13-27(39)36-29-28(41-31(40)34-24-17-14-22(21-33)15-18-24)30-35-25-19-16-23(32)20-26(25)38(30)37-29/h14-20,37H,2-13H2,1H3,(H,34,40)(H,36,39). The van der Waals surface area contributed by atoms with Crippen LogP contribution in [0, 0.1) is 11.3 Å². The van der Waals surface area contributed by atoms with Crippen LogP contribution in [0.4, 0.5) is 16.3 Å². The molecule has 2 amide bonds. The number of fused-ring (bicyclic) bond motifs is 3. The Morgan fingerprint density at radius 2 is 1.61 bits per heavy atom. The third-order valence-electron chi connectivity index (χ3n) is 7.00. The molecule has 2 aromatic carbocycles. The van der Waals surface area contributed by atoms with Crippen molar-refractivity contribution >= 4 is 51.8 Å². The molecule has 10 heteroatoms. The number of aromatic amines is 1. The zero-order valence-electron chi connectivity index (χ0n) is 23.5. The largest absolute Gasteiger partial charge is 0.417 e. The van der Waals surface area contributed by atoms with Gasteiger partial charge < -0.3 is 10.1 Å². The Hall–Kier alpha value is -4.03. The molecule has 0 saturated carbocycles. The highest BCUT2D eigenvalue weighted by atomic mass is 35.5. The number of ether oxygens (including phenoxy) is 1.